The maximum atomic E-state index is 12.2. The molecule has 23 heavy (non-hydrogen) atoms. The molecule has 0 saturated carbocycles. The van der Waals surface area contributed by atoms with Crippen LogP contribution in [0.4, 0.5) is 0 Å². The van der Waals surface area contributed by atoms with E-state index in [-0.39, 0.29) is 5.91 Å². The van der Waals surface area contributed by atoms with Crippen LogP contribution in [-0.4, -0.2) is 47.0 Å². The van der Waals surface area contributed by atoms with Gasteiger partial charge in [-0.15, -0.1) is 11.3 Å². The molecule has 2 aromatic heterocycles. The predicted molar refractivity (Wildman–Crippen MR) is 91.2 cm³/mol. The van der Waals surface area contributed by atoms with Crippen LogP contribution in [0.15, 0.2) is 28.8 Å². The first kappa shape index (κ1) is 16.0. The summed E-state index contributed by atoms with van der Waals surface area (Å²) in [5.74, 6) is 0.974. The van der Waals surface area contributed by atoms with Gasteiger partial charge in [-0.05, 0) is 32.1 Å². The molecule has 0 aliphatic carbocycles. The summed E-state index contributed by atoms with van der Waals surface area (Å²) in [7, 11) is 0. The van der Waals surface area contributed by atoms with Crippen molar-refractivity contribution in [2.45, 2.75) is 20.4 Å². The van der Waals surface area contributed by atoms with Crippen molar-refractivity contribution in [3.63, 3.8) is 0 Å². The summed E-state index contributed by atoms with van der Waals surface area (Å²) in [5.41, 5.74) is 0.905. The lowest BCUT2D eigenvalue weighted by molar-refractivity contribution is -0.127. The Labute approximate surface area is 140 Å². The van der Waals surface area contributed by atoms with E-state index in [2.05, 4.69) is 23.0 Å². The molecule has 0 N–H and O–H groups in total. The van der Waals surface area contributed by atoms with Crippen LogP contribution in [0.3, 0.4) is 0 Å². The van der Waals surface area contributed by atoms with Gasteiger partial charge in [0, 0.05) is 48.1 Å². The van der Waals surface area contributed by atoms with Gasteiger partial charge < -0.3 is 9.42 Å². The van der Waals surface area contributed by atoms with E-state index in [1.54, 1.807) is 17.4 Å². The third-order valence-electron chi connectivity index (χ3n) is 3.89. The fourth-order valence-electron chi connectivity index (χ4n) is 2.64. The van der Waals surface area contributed by atoms with Gasteiger partial charge in [-0.25, -0.2) is 0 Å². The molecule has 1 fully saturated rings. The number of aromatic nitrogens is 1. The van der Waals surface area contributed by atoms with Crippen molar-refractivity contribution in [1.29, 1.82) is 0 Å². The molecule has 1 aliphatic rings. The molecule has 5 nitrogen and oxygen atoms in total. The average Bonchev–Trinajstić information content (AvgIpc) is 3.14. The highest BCUT2D eigenvalue weighted by Crippen LogP contribution is 2.17. The van der Waals surface area contributed by atoms with Crippen LogP contribution in [-0.2, 0) is 11.3 Å². The Balaban J connectivity index is 1.48. The maximum Gasteiger partial charge on any atom is 0.246 e. The summed E-state index contributed by atoms with van der Waals surface area (Å²) in [6, 6.07) is 6.07. The van der Waals surface area contributed by atoms with Gasteiger partial charge in [0.15, 0.2) is 5.76 Å². The number of carbonyl (C=O) groups excluding carboxylic acids is 1. The van der Waals surface area contributed by atoms with Crippen molar-refractivity contribution in [3.8, 4) is 0 Å². The number of aryl methyl sites for hydroxylation is 2. The third kappa shape index (κ3) is 4.30. The van der Waals surface area contributed by atoms with E-state index >= 15 is 0 Å². The van der Waals surface area contributed by atoms with Gasteiger partial charge in [0.1, 0.15) is 0 Å². The van der Waals surface area contributed by atoms with Gasteiger partial charge in [0.2, 0.25) is 5.91 Å². The first-order valence-electron chi connectivity index (χ1n) is 7.78. The second-order valence-corrected chi connectivity index (χ2v) is 7.14. The lowest BCUT2D eigenvalue weighted by atomic mass is 10.2. The van der Waals surface area contributed by atoms with Crippen molar-refractivity contribution in [2.75, 3.05) is 26.2 Å². The second-order valence-electron chi connectivity index (χ2n) is 5.82. The Morgan fingerprint density at radius 3 is 2.70 bits per heavy atom. The maximum absolute atomic E-state index is 12.2. The first-order valence-corrected chi connectivity index (χ1v) is 8.60. The number of thiophene rings is 1. The normalized spacial score (nSPS) is 16.3. The molecule has 1 aliphatic heterocycles. The van der Waals surface area contributed by atoms with Crippen molar-refractivity contribution >= 4 is 23.3 Å². The standard InChI is InChI=1S/C17H21N3O2S/c1-13-11-15(22-18-13)12-19-7-9-20(10-8-19)17(21)6-5-16-4-3-14(2)23-16/h3-6,11H,7-10,12H2,1-2H3. The molecule has 0 atom stereocenters. The van der Waals surface area contributed by atoms with Crippen LogP contribution < -0.4 is 0 Å². The summed E-state index contributed by atoms with van der Waals surface area (Å²) in [4.78, 5) is 18.8. The van der Waals surface area contributed by atoms with Crippen molar-refractivity contribution < 1.29 is 9.32 Å². The zero-order valence-corrected chi connectivity index (χ0v) is 14.3. The summed E-state index contributed by atoms with van der Waals surface area (Å²) in [6.45, 7) is 7.96. The molecule has 0 unspecified atom stereocenters. The number of hydrogen-bond donors (Lipinski definition) is 0. The Kier molecular flexibility index (Phi) is 4.93. The van der Waals surface area contributed by atoms with Gasteiger partial charge in [0.25, 0.3) is 0 Å². The van der Waals surface area contributed by atoms with Crippen molar-refractivity contribution in [3.05, 3.63) is 45.5 Å². The molecule has 3 rings (SSSR count). The summed E-state index contributed by atoms with van der Waals surface area (Å²) >= 11 is 1.70. The lowest BCUT2D eigenvalue weighted by Crippen LogP contribution is -2.47. The molecule has 2 aromatic rings. The highest BCUT2D eigenvalue weighted by Gasteiger charge is 2.20. The van der Waals surface area contributed by atoms with E-state index in [1.165, 1.54) is 4.88 Å². The van der Waals surface area contributed by atoms with Gasteiger partial charge in [-0.1, -0.05) is 5.16 Å². The van der Waals surface area contributed by atoms with E-state index in [1.807, 2.05) is 30.0 Å². The topological polar surface area (TPSA) is 49.6 Å². The minimum Gasteiger partial charge on any atom is -0.360 e. The van der Waals surface area contributed by atoms with Crippen LogP contribution in [0.1, 0.15) is 21.2 Å². The minimum atomic E-state index is 0.0891. The van der Waals surface area contributed by atoms with Crippen LogP contribution in [0, 0.1) is 13.8 Å². The number of nitrogens with zero attached hydrogens (tertiary/aromatic N) is 3. The highest BCUT2D eigenvalue weighted by molar-refractivity contribution is 7.12. The number of amides is 1. The smallest absolute Gasteiger partial charge is 0.246 e. The fourth-order valence-corrected chi connectivity index (χ4v) is 3.42. The van der Waals surface area contributed by atoms with Crippen LogP contribution in [0.25, 0.3) is 6.08 Å². The first-order chi connectivity index (χ1) is 11.1. The van der Waals surface area contributed by atoms with E-state index in [9.17, 15) is 4.79 Å². The van der Waals surface area contributed by atoms with Gasteiger partial charge in [0.05, 0.1) is 12.2 Å². The zero-order chi connectivity index (χ0) is 16.2. The molecule has 1 saturated heterocycles. The molecular weight excluding hydrogens is 310 g/mol. The average molecular weight is 331 g/mol. The zero-order valence-electron chi connectivity index (χ0n) is 13.5. The number of piperazine rings is 1. The van der Waals surface area contributed by atoms with Crippen molar-refractivity contribution in [2.24, 2.45) is 0 Å². The fraction of sp³-hybridized carbons (Fsp3) is 0.412. The van der Waals surface area contributed by atoms with Gasteiger partial charge >= 0.3 is 0 Å². The predicted octanol–water partition coefficient (Wildman–Crippen LogP) is 2.71. The molecule has 0 bridgehead atoms. The SMILES string of the molecule is Cc1cc(CN2CCN(C(=O)C=Cc3ccc(C)s3)CC2)on1. The molecule has 0 aromatic carbocycles. The molecule has 6 heteroatoms. The quantitative estimate of drug-likeness (QED) is 0.808. The highest BCUT2D eigenvalue weighted by atomic mass is 32.1. The van der Waals surface area contributed by atoms with Crippen molar-refractivity contribution in [1.82, 2.24) is 15.0 Å². The number of carbonyl (C=O) groups is 1. The number of rotatable bonds is 4. The Morgan fingerprint density at radius 2 is 2.09 bits per heavy atom. The second kappa shape index (κ2) is 7.10. The molecule has 0 radical (unpaired) electrons. The Bertz CT molecular complexity index is 696. The van der Waals surface area contributed by atoms with E-state index in [4.69, 9.17) is 4.52 Å². The van der Waals surface area contributed by atoms with E-state index in [0.717, 1.165) is 49.1 Å². The molecule has 0 spiro atoms. The molecule has 1 amide bonds. The molecule has 122 valence electrons. The van der Waals surface area contributed by atoms with Crippen LogP contribution in [0.2, 0.25) is 0 Å². The largest absolute Gasteiger partial charge is 0.360 e. The monoisotopic (exact) mass is 331 g/mol. The Hall–Kier alpha value is -1.92. The van der Waals surface area contributed by atoms with Crippen LogP contribution >= 0.6 is 11.3 Å². The minimum absolute atomic E-state index is 0.0891. The summed E-state index contributed by atoms with van der Waals surface area (Å²) in [6.07, 6.45) is 3.59. The van der Waals surface area contributed by atoms with E-state index < -0.39 is 0 Å². The number of hydrogen-bond acceptors (Lipinski definition) is 5. The molecular formula is C17H21N3O2S. The van der Waals surface area contributed by atoms with E-state index in [0.29, 0.717) is 0 Å². The summed E-state index contributed by atoms with van der Waals surface area (Å²) < 4.78 is 5.25. The Morgan fingerprint density at radius 1 is 1.30 bits per heavy atom. The van der Waals surface area contributed by atoms with Gasteiger partial charge in [-0.2, -0.15) is 0 Å². The molecule has 3 heterocycles. The van der Waals surface area contributed by atoms with Gasteiger partial charge in [-0.3, -0.25) is 9.69 Å². The third-order valence-corrected chi connectivity index (χ3v) is 4.86. The lowest BCUT2D eigenvalue weighted by Gasteiger charge is -2.33. The summed E-state index contributed by atoms with van der Waals surface area (Å²) in [5, 5.41) is 3.91. The van der Waals surface area contributed by atoms with Crippen LogP contribution in [0.5, 0.6) is 0 Å².